The van der Waals surface area contributed by atoms with Gasteiger partial charge in [0.2, 0.25) is 0 Å². The van der Waals surface area contributed by atoms with E-state index in [0.29, 0.717) is 29.5 Å². The largest absolute Gasteiger partial charge is 0.413 e. The van der Waals surface area contributed by atoms with Crippen molar-refractivity contribution < 1.29 is 26.4 Å². The summed E-state index contributed by atoms with van der Waals surface area (Å²) >= 11 is 0. The highest BCUT2D eigenvalue weighted by Gasteiger charge is 2.37. The third kappa shape index (κ3) is 7.99. The normalized spacial score (nSPS) is 12.4. The third-order valence-electron chi connectivity index (χ3n) is 9.91. The number of hydrogen-bond acceptors (Lipinski definition) is 6. The van der Waals surface area contributed by atoms with Crippen molar-refractivity contribution in [3.63, 3.8) is 0 Å². The summed E-state index contributed by atoms with van der Waals surface area (Å²) in [6.45, 7) is 11.2. The topological polar surface area (TPSA) is 100 Å². The van der Waals surface area contributed by atoms with Crippen LogP contribution in [0.4, 0.5) is 8.78 Å². The summed E-state index contributed by atoms with van der Waals surface area (Å²) in [5.41, 5.74) is 3.16. The molecule has 0 radical (unpaired) electrons. The van der Waals surface area contributed by atoms with Crippen LogP contribution >= 0.6 is 0 Å². The van der Waals surface area contributed by atoms with Crippen molar-refractivity contribution in [3.05, 3.63) is 154 Å². The molecule has 0 N–H and O–H groups in total. The fraction of sp³-hybridized carbons (Fsp3) is 0.244. The zero-order chi connectivity index (χ0) is 38.1. The molecule has 3 aromatic heterocycles. The van der Waals surface area contributed by atoms with Crippen LogP contribution in [0.3, 0.4) is 0 Å². The summed E-state index contributed by atoms with van der Waals surface area (Å²) in [7, 11) is -6.08. The maximum atomic E-state index is 13.9. The smallest absolute Gasteiger partial charge is 0.269 e. The van der Waals surface area contributed by atoms with Crippen LogP contribution in [0.1, 0.15) is 54.2 Å². The molecule has 0 atom stereocenters. The van der Waals surface area contributed by atoms with Gasteiger partial charge in [-0.15, -0.1) is 0 Å². The van der Waals surface area contributed by atoms with Gasteiger partial charge in [0.1, 0.15) is 0 Å². The number of benzene rings is 3. The standard InChI is InChI=1S/C41H41F2N3O5SSi/c1-41(2,3)53(4,5)51-27-30-22-34-35(26-46(39(34)44-24-30)52(49,50)32-13-7-6-8-14-32)31-12-9-11-28(21-31)17-19-38(47)33-15-10-20-45(40(33)48)25-29-16-18-36(42)37(43)23-29/h6-16,18,20-24,26H,17,19,25,27H2,1-5H3. The van der Waals surface area contributed by atoms with E-state index in [1.165, 1.54) is 26.9 Å². The Labute approximate surface area is 308 Å². The molecule has 0 saturated heterocycles. The number of nitrogens with zero attached hydrogens (tertiary/aromatic N) is 3. The Morgan fingerprint density at radius 2 is 1.62 bits per heavy atom. The molecule has 0 fully saturated rings. The predicted molar refractivity (Wildman–Crippen MR) is 205 cm³/mol. The molecule has 0 saturated carbocycles. The minimum absolute atomic E-state index is 0.000973. The van der Waals surface area contributed by atoms with Gasteiger partial charge in [-0.1, -0.05) is 69.3 Å². The van der Waals surface area contributed by atoms with Gasteiger partial charge in [-0.05, 0) is 89.3 Å². The van der Waals surface area contributed by atoms with Gasteiger partial charge in [-0.3, -0.25) is 9.59 Å². The van der Waals surface area contributed by atoms with Crippen LogP contribution < -0.4 is 5.56 Å². The molecular weight excluding hydrogens is 713 g/mol. The number of fused-ring (bicyclic) bond motifs is 1. The van der Waals surface area contributed by atoms with E-state index in [-0.39, 0.29) is 39.9 Å². The van der Waals surface area contributed by atoms with Crippen LogP contribution in [0.25, 0.3) is 22.2 Å². The number of aromatic nitrogens is 3. The van der Waals surface area contributed by atoms with Gasteiger partial charge in [-0.2, -0.15) is 0 Å². The summed E-state index contributed by atoms with van der Waals surface area (Å²) in [5.74, 6) is -2.36. The number of hydrogen-bond donors (Lipinski definition) is 0. The predicted octanol–water partition coefficient (Wildman–Crippen LogP) is 8.77. The Morgan fingerprint density at radius 1 is 0.868 bits per heavy atom. The average molecular weight is 754 g/mol. The van der Waals surface area contributed by atoms with Crippen LogP contribution in [0, 0.1) is 11.6 Å². The van der Waals surface area contributed by atoms with Gasteiger partial charge in [0, 0.05) is 36.0 Å². The monoisotopic (exact) mass is 753 g/mol. The highest BCUT2D eigenvalue weighted by molar-refractivity contribution is 7.90. The second-order valence-corrected chi connectivity index (χ2v) is 21.3. The molecule has 6 rings (SSSR count). The molecule has 0 unspecified atom stereocenters. The first-order valence-electron chi connectivity index (χ1n) is 17.3. The second kappa shape index (κ2) is 14.8. The first-order valence-corrected chi connectivity index (χ1v) is 21.6. The van der Waals surface area contributed by atoms with Gasteiger partial charge < -0.3 is 8.99 Å². The molecule has 53 heavy (non-hydrogen) atoms. The first kappa shape index (κ1) is 37.7. The first-order chi connectivity index (χ1) is 25.0. The van der Waals surface area contributed by atoms with E-state index in [1.807, 2.05) is 30.3 Å². The highest BCUT2D eigenvalue weighted by atomic mass is 32.2. The number of rotatable bonds is 12. The van der Waals surface area contributed by atoms with E-state index in [1.54, 1.807) is 48.8 Å². The fourth-order valence-corrected chi connectivity index (χ4v) is 8.10. The Bertz CT molecular complexity index is 2490. The van der Waals surface area contributed by atoms with E-state index < -0.39 is 35.5 Å². The summed E-state index contributed by atoms with van der Waals surface area (Å²) < 4.78 is 64.0. The SMILES string of the molecule is CC(C)(C)[Si](C)(C)OCc1cnc2c(c1)c(-c1cccc(CCC(=O)c3cccn(Cc4ccc(F)c(F)c4)c3=O)c1)cn2S(=O)(=O)c1ccccc1. The lowest BCUT2D eigenvalue weighted by molar-refractivity contribution is 0.0980. The number of carbonyl (C=O) groups excluding carboxylic acids is 1. The van der Waals surface area contributed by atoms with Gasteiger partial charge >= 0.3 is 0 Å². The zero-order valence-corrected chi connectivity index (χ0v) is 32.1. The lowest BCUT2D eigenvalue weighted by Crippen LogP contribution is -2.40. The number of halogens is 2. The Kier molecular flexibility index (Phi) is 10.5. The quantitative estimate of drug-likeness (QED) is 0.0916. The van der Waals surface area contributed by atoms with Gasteiger partial charge in [0.25, 0.3) is 15.6 Å². The van der Waals surface area contributed by atoms with E-state index in [9.17, 15) is 26.8 Å². The van der Waals surface area contributed by atoms with Gasteiger partial charge in [-0.25, -0.2) is 26.2 Å². The average Bonchev–Trinajstić information content (AvgIpc) is 3.52. The molecule has 0 amide bonds. The van der Waals surface area contributed by atoms with Crippen molar-refractivity contribution in [1.82, 2.24) is 13.5 Å². The van der Waals surface area contributed by atoms with Gasteiger partial charge in [0.15, 0.2) is 31.4 Å². The van der Waals surface area contributed by atoms with Crippen molar-refractivity contribution in [2.45, 2.75) is 69.8 Å². The Balaban J connectivity index is 1.30. The molecule has 3 aromatic carbocycles. The number of pyridine rings is 2. The third-order valence-corrected chi connectivity index (χ3v) is 16.1. The van der Waals surface area contributed by atoms with Crippen molar-refractivity contribution >= 4 is 35.2 Å². The van der Waals surface area contributed by atoms with Crippen LogP contribution in [0.5, 0.6) is 0 Å². The van der Waals surface area contributed by atoms with Crippen LogP contribution in [0.15, 0.2) is 119 Å². The molecule has 0 aliphatic heterocycles. The zero-order valence-electron chi connectivity index (χ0n) is 30.3. The molecular formula is C41H41F2N3O5SSi. The highest BCUT2D eigenvalue weighted by Crippen LogP contribution is 2.38. The molecule has 0 spiro atoms. The molecule has 3 heterocycles. The number of carbonyl (C=O) groups is 1. The second-order valence-electron chi connectivity index (χ2n) is 14.6. The molecule has 0 bridgehead atoms. The summed E-state index contributed by atoms with van der Waals surface area (Å²) in [6, 6.07) is 24.1. The number of aryl methyl sites for hydroxylation is 1. The van der Waals surface area contributed by atoms with Crippen molar-refractivity contribution in [1.29, 1.82) is 0 Å². The van der Waals surface area contributed by atoms with E-state index >= 15 is 0 Å². The maximum absolute atomic E-state index is 13.9. The molecule has 274 valence electrons. The fourth-order valence-electron chi connectivity index (χ4n) is 5.80. The molecule has 8 nitrogen and oxygen atoms in total. The summed E-state index contributed by atoms with van der Waals surface area (Å²) in [4.78, 5) is 31.3. The van der Waals surface area contributed by atoms with E-state index in [4.69, 9.17) is 4.43 Å². The minimum Gasteiger partial charge on any atom is -0.413 e. The van der Waals surface area contributed by atoms with E-state index in [2.05, 4.69) is 38.8 Å². The van der Waals surface area contributed by atoms with Gasteiger partial charge in [0.05, 0.1) is 23.6 Å². The van der Waals surface area contributed by atoms with Crippen LogP contribution in [-0.2, 0) is 34.0 Å². The van der Waals surface area contributed by atoms with Crippen molar-refractivity contribution in [2.24, 2.45) is 0 Å². The van der Waals surface area contributed by atoms with Crippen LogP contribution in [-0.4, -0.2) is 36.0 Å². The molecule has 0 aliphatic rings. The maximum Gasteiger partial charge on any atom is 0.269 e. The summed E-state index contributed by atoms with van der Waals surface area (Å²) in [5, 5.41) is 0.645. The van der Waals surface area contributed by atoms with Crippen molar-refractivity contribution in [3.8, 4) is 11.1 Å². The summed E-state index contributed by atoms with van der Waals surface area (Å²) in [6.07, 6.45) is 5.09. The van der Waals surface area contributed by atoms with Crippen molar-refractivity contribution in [2.75, 3.05) is 0 Å². The number of ketones is 1. The number of Topliss-reactive ketones (excluding diaryl/α,β-unsaturated/α-hetero) is 1. The lowest BCUT2D eigenvalue weighted by Gasteiger charge is -2.36. The molecule has 0 aliphatic carbocycles. The molecule has 12 heteroatoms. The lowest BCUT2D eigenvalue weighted by atomic mass is 9.99. The minimum atomic E-state index is -4.00. The Hall–Kier alpha value is -5.04. The Morgan fingerprint density at radius 3 is 2.34 bits per heavy atom. The molecule has 6 aromatic rings. The van der Waals surface area contributed by atoms with E-state index in [0.717, 1.165) is 28.8 Å². The van der Waals surface area contributed by atoms with Crippen LogP contribution in [0.2, 0.25) is 18.1 Å².